The Hall–Kier alpha value is -2.92. The van der Waals surface area contributed by atoms with Crippen LogP contribution in [-0.2, 0) is 0 Å². The molecule has 2 aromatic carbocycles. The third-order valence-electron chi connectivity index (χ3n) is 3.32. The lowest BCUT2D eigenvalue weighted by atomic mass is 10.1. The van der Waals surface area contributed by atoms with E-state index in [1.165, 1.54) is 4.90 Å². The van der Waals surface area contributed by atoms with Crippen LogP contribution < -0.4 is 4.90 Å². The summed E-state index contributed by atoms with van der Waals surface area (Å²) in [6.45, 7) is 0. The Balaban J connectivity index is 2.14. The number of thiophene rings is 1. The summed E-state index contributed by atoms with van der Waals surface area (Å²) >= 11 is 1.10. The number of anilines is 2. The number of rotatable bonds is 4. The number of nitrogens with zero attached hydrogens (tertiary/aromatic N) is 1. The van der Waals surface area contributed by atoms with Crippen LogP contribution in [0.4, 0.5) is 11.4 Å². The number of aromatic carboxylic acids is 1. The van der Waals surface area contributed by atoms with Crippen LogP contribution in [0.3, 0.4) is 0 Å². The Labute approximate surface area is 137 Å². The first kappa shape index (κ1) is 15.0. The van der Waals surface area contributed by atoms with Crippen LogP contribution >= 0.6 is 11.3 Å². The predicted octanol–water partition coefficient (Wildman–Crippen LogP) is 4.42. The fourth-order valence-corrected chi connectivity index (χ4v) is 3.01. The molecule has 1 aromatic heterocycles. The van der Waals surface area contributed by atoms with Crippen molar-refractivity contribution in [3.63, 3.8) is 0 Å². The highest BCUT2D eigenvalue weighted by molar-refractivity contribution is 7.12. The summed E-state index contributed by atoms with van der Waals surface area (Å²) in [6, 6.07) is 19.5. The summed E-state index contributed by atoms with van der Waals surface area (Å²) in [5, 5.41) is 11.0. The molecule has 114 valence electrons. The van der Waals surface area contributed by atoms with Gasteiger partial charge in [0.25, 0.3) is 5.91 Å². The molecule has 0 fully saturated rings. The molecule has 0 atom stereocenters. The first-order valence-corrected chi connectivity index (χ1v) is 7.82. The molecule has 0 aliphatic heterocycles. The number of hydrogen-bond donors (Lipinski definition) is 1. The molecule has 0 bridgehead atoms. The van der Waals surface area contributed by atoms with Crippen molar-refractivity contribution in [1.82, 2.24) is 0 Å². The van der Waals surface area contributed by atoms with Gasteiger partial charge in [0.05, 0.1) is 5.69 Å². The Morgan fingerprint density at radius 3 is 2.09 bits per heavy atom. The molecule has 5 heteroatoms. The Morgan fingerprint density at radius 1 is 0.870 bits per heavy atom. The minimum absolute atomic E-state index is 0.137. The highest BCUT2D eigenvalue weighted by atomic mass is 32.1. The zero-order chi connectivity index (χ0) is 16.2. The SMILES string of the molecule is O=C(O)c1sccc1N(C(=O)c1ccccc1)c1ccccc1. The first-order chi connectivity index (χ1) is 11.2. The number of carbonyl (C=O) groups excluding carboxylic acids is 1. The molecule has 0 saturated heterocycles. The van der Waals surface area contributed by atoms with Gasteiger partial charge in [-0.15, -0.1) is 11.3 Å². The number of carboxylic acids is 1. The van der Waals surface area contributed by atoms with Gasteiger partial charge in [0, 0.05) is 11.3 Å². The van der Waals surface area contributed by atoms with E-state index in [0.29, 0.717) is 16.9 Å². The molecular weight excluding hydrogens is 310 g/mol. The zero-order valence-corrected chi connectivity index (χ0v) is 12.9. The number of carboxylic acid groups (broad SMARTS) is 1. The van der Waals surface area contributed by atoms with Gasteiger partial charge in [-0.05, 0) is 35.7 Å². The third-order valence-corrected chi connectivity index (χ3v) is 4.21. The van der Waals surface area contributed by atoms with E-state index in [1.54, 1.807) is 47.8 Å². The van der Waals surface area contributed by atoms with Gasteiger partial charge >= 0.3 is 5.97 Å². The molecule has 0 spiro atoms. The first-order valence-electron chi connectivity index (χ1n) is 6.94. The minimum atomic E-state index is -1.04. The molecule has 0 radical (unpaired) electrons. The summed E-state index contributed by atoms with van der Waals surface area (Å²) in [4.78, 5) is 26.0. The number of carbonyl (C=O) groups is 2. The number of hydrogen-bond acceptors (Lipinski definition) is 3. The standard InChI is InChI=1S/C18H13NO3S/c20-17(13-7-3-1-4-8-13)19(14-9-5-2-6-10-14)15-11-12-23-16(15)18(21)22/h1-12H,(H,21,22). The van der Waals surface area contributed by atoms with Crippen LogP contribution in [0.5, 0.6) is 0 Å². The lowest BCUT2D eigenvalue weighted by Crippen LogP contribution is -2.26. The van der Waals surface area contributed by atoms with Gasteiger partial charge in [-0.1, -0.05) is 36.4 Å². The molecule has 23 heavy (non-hydrogen) atoms. The van der Waals surface area contributed by atoms with Gasteiger partial charge in [0.2, 0.25) is 0 Å². The van der Waals surface area contributed by atoms with Crippen LogP contribution in [0.1, 0.15) is 20.0 Å². The lowest BCUT2D eigenvalue weighted by molar-refractivity contribution is 0.0703. The van der Waals surface area contributed by atoms with E-state index in [0.717, 1.165) is 11.3 Å². The second-order valence-corrected chi connectivity index (χ2v) is 5.70. The second kappa shape index (κ2) is 6.46. The molecule has 4 nitrogen and oxygen atoms in total. The van der Waals surface area contributed by atoms with Crippen molar-refractivity contribution >= 4 is 34.6 Å². The topological polar surface area (TPSA) is 57.6 Å². The third kappa shape index (κ3) is 3.00. The Kier molecular flexibility index (Phi) is 4.21. The van der Waals surface area contributed by atoms with Crippen molar-refractivity contribution in [1.29, 1.82) is 0 Å². The predicted molar refractivity (Wildman–Crippen MR) is 90.6 cm³/mol. The average Bonchev–Trinajstić information content (AvgIpc) is 3.06. The van der Waals surface area contributed by atoms with E-state index in [2.05, 4.69) is 0 Å². The molecule has 3 aromatic rings. The van der Waals surface area contributed by atoms with E-state index >= 15 is 0 Å². The van der Waals surface area contributed by atoms with Crippen molar-refractivity contribution < 1.29 is 14.7 Å². The molecule has 1 heterocycles. The number of amides is 1. The Bertz CT molecular complexity index is 828. The maximum absolute atomic E-state index is 13.0. The van der Waals surface area contributed by atoms with E-state index in [4.69, 9.17) is 0 Å². The van der Waals surface area contributed by atoms with Gasteiger partial charge in [-0.3, -0.25) is 9.69 Å². The van der Waals surface area contributed by atoms with Crippen molar-refractivity contribution in [2.24, 2.45) is 0 Å². The lowest BCUT2D eigenvalue weighted by Gasteiger charge is -2.22. The van der Waals surface area contributed by atoms with Crippen molar-refractivity contribution in [2.45, 2.75) is 0 Å². The smallest absolute Gasteiger partial charge is 0.348 e. The number of benzene rings is 2. The molecule has 0 aliphatic rings. The highest BCUT2D eigenvalue weighted by Crippen LogP contribution is 2.33. The molecule has 0 aliphatic carbocycles. The summed E-state index contributed by atoms with van der Waals surface area (Å²) in [7, 11) is 0. The largest absolute Gasteiger partial charge is 0.477 e. The van der Waals surface area contributed by atoms with E-state index in [1.807, 2.05) is 24.3 Å². The highest BCUT2D eigenvalue weighted by Gasteiger charge is 2.25. The fourth-order valence-electron chi connectivity index (χ4n) is 2.29. The van der Waals surface area contributed by atoms with Crippen LogP contribution in [0.25, 0.3) is 0 Å². The fraction of sp³-hybridized carbons (Fsp3) is 0. The van der Waals surface area contributed by atoms with Crippen molar-refractivity contribution in [3.8, 4) is 0 Å². The molecular formula is C18H13NO3S. The Morgan fingerprint density at radius 2 is 1.48 bits per heavy atom. The minimum Gasteiger partial charge on any atom is -0.477 e. The van der Waals surface area contributed by atoms with Crippen molar-refractivity contribution in [2.75, 3.05) is 4.90 Å². The van der Waals surface area contributed by atoms with Crippen LogP contribution in [0, 0.1) is 0 Å². The van der Waals surface area contributed by atoms with Crippen molar-refractivity contribution in [3.05, 3.63) is 82.6 Å². The van der Waals surface area contributed by atoms with Gasteiger partial charge in [-0.2, -0.15) is 0 Å². The van der Waals surface area contributed by atoms with Crippen LogP contribution in [0.15, 0.2) is 72.1 Å². The van der Waals surface area contributed by atoms with Gasteiger partial charge in [-0.25, -0.2) is 4.79 Å². The monoisotopic (exact) mass is 323 g/mol. The molecule has 3 rings (SSSR count). The summed E-state index contributed by atoms with van der Waals surface area (Å²) in [6.07, 6.45) is 0. The maximum atomic E-state index is 13.0. The maximum Gasteiger partial charge on any atom is 0.348 e. The average molecular weight is 323 g/mol. The van der Waals surface area contributed by atoms with Crippen LogP contribution in [-0.4, -0.2) is 17.0 Å². The molecule has 0 unspecified atom stereocenters. The van der Waals surface area contributed by atoms with E-state index < -0.39 is 5.97 Å². The summed E-state index contributed by atoms with van der Waals surface area (Å²) < 4.78 is 0. The second-order valence-electron chi connectivity index (χ2n) is 4.78. The number of para-hydroxylation sites is 1. The summed E-state index contributed by atoms with van der Waals surface area (Å²) in [5.74, 6) is -1.31. The van der Waals surface area contributed by atoms with E-state index in [9.17, 15) is 14.7 Å². The van der Waals surface area contributed by atoms with Crippen LogP contribution in [0.2, 0.25) is 0 Å². The normalized spacial score (nSPS) is 10.3. The van der Waals surface area contributed by atoms with Gasteiger partial charge in [0.1, 0.15) is 4.88 Å². The molecule has 1 N–H and O–H groups in total. The van der Waals surface area contributed by atoms with Gasteiger partial charge < -0.3 is 5.11 Å². The van der Waals surface area contributed by atoms with E-state index in [-0.39, 0.29) is 10.8 Å². The zero-order valence-electron chi connectivity index (χ0n) is 12.0. The summed E-state index contributed by atoms with van der Waals surface area (Å²) in [5.41, 5.74) is 1.50. The molecule has 1 amide bonds. The van der Waals surface area contributed by atoms with Gasteiger partial charge in [0.15, 0.2) is 0 Å². The molecule has 0 saturated carbocycles. The quantitative estimate of drug-likeness (QED) is 0.773.